The van der Waals surface area contributed by atoms with Gasteiger partial charge in [-0.1, -0.05) is 25.4 Å². The van der Waals surface area contributed by atoms with Gasteiger partial charge in [0.1, 0.15) is 5.75 Å². The third-order valence-electron chi connectivity index (χ3n) is 6.72. The van der Waals surface area contributed by atoms with Gasteiger partial charge < -0.3 is 25.0 Å². The predicted molar refractivity (Wildman–Crippen MR) is 134 cm³/mol. The Morgan fingerprint density at radius 1 is 1.33 bits per heavy atom. The molecule has 1 saturated carbocycles. The summed E-state index contributed by atoms with van der Waals surface area (Å²) in [6.07, 6.45) is 2.56. The van der Waals surface area contributed by atoms with Crippen molar-refractivity contribution in [2.45, 2.75) is 51.8 Å². The van der Waals surface area contributed by atoms with Crippen molar-refractivity contribution in [3.8, 4) is 5.75 Å². The number of benzene rings is 1. The van der Waals surface area contributed by atoms with Crippen LogP contribution in [0.4, 0.5) is 5.69 Å². The molecule has 168 valence electrons. The van der Waals surface area contributed by atoms with Gasteiger partial charge in [0.05, 0.1) is 18.9 Å². The van der Waals surface area contributed by atoms with Crippen LogP contribution in [0.2, 0.25) is 5.02 Å². The molecule has 6 nitrogen and oxygen atoms in total. The molecule has 0 radical (unpaired) electrons. The van der Waals surface area contributed by atoms with Crippen molar-refractivity contribution in [3.63, 3.8) is 0 Å². The second kappa shape index (κ2) is 9.69. The number of halogens is 2. The quantitative estimate of drug-likeness (QED) is 0.332. The number of methoxy groups -OCH3 is 1. The minimum absolute atomic E-state index is 0. The fraction of sp³-hybridized carbons (Fsp3) is 0.682. The highest BCUT2D eigenvalue weighted by Crippen LogP contribution is 2.52. The second-order valence-corrected chi connectivity index (χ2v) is 9.34. The molecule has 1 aliphatic carbocycles. The van der Waals surface area contributed by atoms with Crippen LogP contribution in [-0.4, -0.2) is 57.5 Å². The average molecular weight is 549 g/mol. The summed E-state index contributed by atoms with van der Waals surface area (Å²) in [6, 6.07) is 6.52. The average Bonchev–Trinajstić information content (AvgIpc) is 3.34. The van der Waals surface area contributed by atoms with Crippen LogP contribution in [0.25, 0.3) is 0 Å². The number of guanidine groups is 1. The van der Waals surface area contributed by atoms with Crippen molar-refractivity contribution in [3.05, 3.63) is 23.2 Å². The highest BCUT2D eigenvalue weighted by atomic mass is 127. The van der Waals surface area contributed by atoms with E-state index in [1.165, 1.54) is 0 Å². The third kappa shape index (κ3) is 4.48. The number of rotatable bonds is 5. The van der Waals surface area contributed by atoms with Crippen LogP contribution in [0.15, 0.2) is 23.2 Å². The van der Waals surface area contributed by atoms with Crippen molar-refractivity contribution in [1.29, 1.82) is 0 Å². The zero-order valence-electron chi connectivity index (χ0n) is 18.3. The fourth-order valence-electron chi connectivity index (χ4n) is 5.26. The third-order valence-corrected chi connectivity index (χ3v) is 6.95. The van der Waals surface area contributed by atoms with E-state index in [2.05, 4.69) is 36.3 Å². The van der Waals surface area contributed by atoms with Gasteiger partial charge in [0.15, 0.2) is 5.96 Å². The SMILES string of the molecule is CCN=C(NC1CCN(c2cc(Cl)ccc2OC)C1)NC1C2CCOC2C1(C)C.I. The first kappa shape index (κ1) is 23.7. The first-order chi connectivity index (χ1) is 13.9. The van der Waals surface area contributed by atoms with E-state index < -0.39 is 0 Å². The lowest BCUT2D eigenvalue weighted by Crippen LogP contribution is -2.68. The molecule has 2 aliphatic heterocycles. The molecule has 1 aromatic rings. The summed E-state index contributed by atoms with van der Waals surface area (Å²) in [6.45, 7) is 10.2. The molecular formula is C22H34ClIN4O2. The summed E-state index contributed by atoms with van der Waals surface area (Å²) in [5.41, 5.74) is 1.19. The van der Waals surface area contributed by atoms with E-state index >= 15 is 0 Å². The van der Waals surface area contributed by atoms with Crippen LogP contribution in [0.5, 0.6) is 5.75 Å². The standard InChI is InChI=1S/C22H33ClN4O2.HI/c1-5-24-21(26-19-16-9-11-29-20(16)22(19,2)3)25-15-8-10-27(13-15)17-12-14(23)6-7-18(17)28-4;/h6-7,12,15-16,19-20H,5,8-11,13H2,1-4H3,(H2,24,25,26);1H. The molecule has 1 aromatic carbocycles. The number of hydrogen-bond donors (Lipinski definition) is 2. The van der Waals surface area contributed by atoms with Crippen LogP contribution in [0.3, 0.4) is 0 Å². The molecule has 0 spiro atoms. The summed E-state index contributed by atoms with van der Waals surface area (Å²) in [5.74, 6) is 2.37. The number of fused-ring (bicyclic) bond motifs is 1. The minimum atomic E-state index is 0. The maximum Gasteiger partial charge on any atom is 0.191 e. The van der Waals surface area contributed by atoms with Crippen molar-refractivity contribution in [2.75, 3.05) is 38.3 Å². The number of aliphatic imine (C=N–C) groups is 1. The Labute approximate surface area is 202 Å². The Balaban J connectivity index is 0.00000256. The summed E-state index contributed by atoms with van der Waals surface area (Å²) in [5, 5.41) is 8.12. The first-order valence-electron chi connectivity index (χ1n) is 10.7. The Morgan fingerprint density at radius 2 is 2.13 bits per heavy atom. The zero-order valence-corrected chi connectivity index (χ0v) is 21.4. The molecule has 2 saturated heterocycles. The van der Waals surface area contributed by atoms with Crippen molar-refractivity contribution in [1.82, 2.24) is 10.6 Å². The Morgan fingerprint density at radius 3 is 2.87 bits per heavy atom. The van der Waals surface area contributed by atoms with Crippen LogP contribution in [-0.2, 0) is 4.74 Å². The molecule has 0 bridgehead atoms. The molecule has 2 N–H and O–H groups in total. The zero-order chi connectivity index (χ0) is 20.6. The van der Waals surface area contributed by atoms with Gasteiger partial charge >= 0.3 is 0 Å². The van der Waals surface area contributed by atoms with Gasteiger partial charge in [0, 0.05) is 54.7 Å². The Hall–Kier alpha value is -0.930. The van der Waals surface area contributed by atoms with Gasteiger partial charge in [0.25, 0.3) is 0 Å². The molecule has 8 heteroatoms. The Bertz CT molecular complexity index is 776. The number of hydrogen-bond acceptors (Lipinski definition) is 4. The van der Waals surface area contributed by atoms with E-state index in [-0.39, 0.29) is 29.4 Å². The number of ether oxygens (including phenoxy) is 2. The molecule has 30 heavy (non-hydrogen) atoms. The van der Waals surface area contributed by atoms with Crippen LogP contribution >= 0.6 is 35.6 Å². The van der Waals surface area contributed by atoms with E-state index in [9.17, 15) is 0 Å². The molecule has 3 fully saturated rings. The van der Waals surface area contributed by atoms with E-state index in [4.69, 9.17) is 26.1 Å². The summed E-state index contributed by atoms with van der Waals surface area (Å²) in [7, 11) is 1.70. The topological polar surface area (TPSA) is 58.1 Å². The predicted octanol–water partition coefficient (Wildman–Crippen LogP) is 3.91. The lowest BCUT2D eigenvalue weighted by molar-refractivity contribution is -0.106. The molecule has 0 amide bonds. The van der Waals surface area contributed by atoms with Crippen LogP contribution < -0.4 is 20.3 Å². The maximum atomic E-state index is 6.23. The van der Waals surface area contributed by atoms with Gasteiger partial charge in [0.2, 0.25) is 0 Å². The summed E-state index contributed by atoms with van der Waals surface area (Å²) >= 11 is 6.23. The van der Waals surface area contributed by atoms with Crippen LogP contribution in [0, 0.1) is 11.3 Å². The van der Waals surface area contributed by atoms with Crippen molar-refractivity contribution in [2.24, 2.45) is 16.3 Å². The molecule has 4 rings (SSSR count). The van der Waals surface area contributed by atoms with Gasteiger partial charge in [-0.3, -0.25) is 4.99 Å². The molecule has 4 unspecified atom stereocenters. The lowest BCUT2D eigenvalue weighted by Gasteiger charge is -2.55. The van der Waals surface area contributed by atoms with E-state index in [0.29, 0.717) is 24.1 Å². The molecular weight excluding hydrogens is 515 g/mol. The van der Waals surface area contributed by atoms with Gasteiger partial charge in [-0.05, 0) is 38.0 Å². The second-order valence-electron chi connectivity index (χ2n) is 8.90. The van der Waals surface area contributed by atoms with Gasteiger partial charge in [-0.15, -0.1) is 24.0 Å². The first-order valence-corrected chi connectivity index (χ1v) is 11.1. The van der Waals surface area contributed by atoms with Crippen LogP contribution in [0.1, 0.15) is 33.6 Å². The highest BCUT2D eigenvalue weighted by Gasteiger charge is 2.59. The molecule has 0 aromatic heterocycles. The Kier molecular flexibility index (Phi) is 7.66. The molecule has 3 aliphatic rings. The minimum Gasteiger partial charge on any atom is -0.495 e. The normalized spacial score (nSPS) is 29.6. The fourth-order valence-corrected chi connectivity index (χ4v) is 5.42. The highest BCUT2D eigenvalue weighted by molar-refractivity contribution is 14.0. The molecule has 2 heterocycles. The van der Waals surface area contributed by atoms with Crippen molar-refractivity contribution < 1.29 is 9.47 Å². The van der Waals surface area contributed by atoms with Gasteiger partial charge in [-0.25, -0.2) is 0 Å². The summed E-state index contributed by atoms with van der Waals surface area (Å²) < 4.78 is 11.5. The summed E-state index contributed by atoms with van der Waals surface area (Å²) in [4.78, 5) is 7.06. The molecule has 4 atom stereocenters. The van der Waals surface area contributed by atoms with Crippen molar-refractivity contribution >= 4 is 47.2 Å². The number of anilines is 1. The monoisotopic (exact) mass is 548 g/mol. The van der Waals surface area contributed by atoms with E-state index in [1.54, 1.807) is 7.11 Å². The number of nitrogens with zero attached hydrogens (tertiary/aromatic N) is 2. The van der Waals surface area contributed by atoms with E-state index in [1.807, 2.05) is 18.2 Å². The lowest BCUT2D eigenvalue weighted by atomic mass is 9.57. The maximum absolute atomic E-state index is 6.23. The number of nitrogens with one attached hydrogen (secondary N) is 2. The smallest absolute Gasteiger partial charge is 0.191 e. The largest absolute Gasteiger partial charge is 0.495 e. The van der Waals surface area contributed by atoms with E-state index in [0.717, 1.165) is 61.5 Å². The van der Waals surface area contributed by atoms with Gasteiger partial charge in [-0.2, -0.15) is 0 Å².